The van der Waals surface area contributed by atoms with Crippen molar-refractivity contribution in [3.8, 4) is 0 Å². The number of anilines is 1. The van der Waals surface area contributed by atoms with Crippen LogP contribution >= 0.6 is 11.6 Å². The fourth-order valence-corrected chi connectivity index (χ4v) is 3.63. The predicted molar refractivity (Wildman–Crippen MR) is 99.5 cm³/mol. The maximum Gasteiger partial charge on any atom is 0.226 e. The monoisotopic (exact) mass is 413 g/mol. The van der Waals surface area contributed by atoms with Crippen molar-refractivity contribution >= 4 is 28.6 Å². The first kappa shape index (κ1) is 19.7. The normalized spacial score (nSPS) is 29.5. The molecule has 4 heterocycles. The maximum atomic E-state index is 6.24. The molecular formula is C17H24ClN5O5. The Kier molecular flexibility index (Phi) is 4.76. The van der Waals surface area contributed by atoms with Gasteiger partial charge in [0.05, 0.1) is 12.9 Å². The van der Waals surface area contributed by atoms with Gasteiger partial charge in [0.15, 0.2) is 29.3 Å². The Balaban J connectivity index is 1.66. The topological polar surface area (TPSA) is 116 Å². The quantitative estimate of drug-likeness (QED) is 0.579. The van der Waals surface area contributed by atoms with Gasteiger partial charge in [0, 0.05) is 7.11 Å². The highest BCUT2D eigenvalue weighted by Gasteiger charge is 2.56. The molecule has 2 N–H and O–H groups in total. The smallest absolute Gasteiger partial charge is 0.226 e. The number of hydrogen-bond acceptors (Lipinski definition) is 9. The van der Waals surface area contributed by atoms with Crippen molar-refractivity contribution in [3.05, 3.63) is 11.6 Å². The van der Waals surface area contributed by atoms with Gasteiger partial charge in [-0.2, -0.15) is 9.97 Å². The van der Waals surface area contributed by atoms with Gasteiger partial charge >= 0.3 is 0 Å². The standard InChI is InChI=1S/C17H24ClN5O5/c1-16(2,24-5)25-6-8-10-11(28-17(3,4)27-10)14(26-8)23-7-20-9-12(19)21-15(18)22-13(9)23/h7-8,10-11,14H,6H2,1-5H3,(H2,19,21,22)/t8-,10+,11?,14-/m1/s1. The number of nitrogens with two attached hydrogens (primary N) is 1. The number of methoxy groups -OCH3 is 1. The molecular weight excluding hydrogens is 390 g/mol. The Labute approximate surface area is 167 Å². The van der Waals surface area contributed by atoms with Crippen LogP contribution in [0.15, 0.2) is 6.33 Å². The largest absolute Gasteiger partial charge is 0.382 e. The summed E-state index contributed by atoms with van der Waals surface area (Å²) >= 11 is 5.99. The van der Waals surface area contributed by atoms with Gasteiger partial charge in [-0.05, 0) is 39.3 Å². The third-order valence-corrected chi connectivity index (χ3v) is 5.08. The molecule has 2 aliphatic heterocycles. The number of halogens is 1. The fraction of sp³-hybridized carbons (Fsp3) is 0.706. The molecule has 2 aliphatic rings. The molecule has 0 radical (unpaired) electrons. The van der Waals surface area contributed by atoms with Crippen LogP contribution in [0.3, 0.4) is 0 Å². The van der Waals surface area contributed by atoms with Crippen molar-refractivity contribution < 1.29 is 23.7 Å². The van der Waals surface area contributed by atoms with Crippen LogP contribution < -0.4 is 5.73 Å². The van der Waals surface area contributed by atoms with Crippen LogP contribution in [0.4, 0.5) is 5.82 Å². The van der Waals surface area contributed by atoms with Crippen molar-refractivity contribution in [3.63, 3.8) is 0 Å². The molecule has 0 aromatic carbocycles. The zero-order chi connectivity index (χ0) is 20.3. The molecule has 2 fully saturated rings. The zero-order valence-electron chi connectivity index (χ0n) is 16.4. The second-order valence-electron chi connectivity index (χ2n) is 7.75. The molecule has 1 unspecified atom stereocenters. The van der Waals surface area contributed by atoms with E-state index in [2.05, 4.69) is 15.0 Å². The molecule has 2 aromatic rings. The minimum atomic E-state index is -0.756. The van der Waals surface area contributed by atoms with E-state index in [-0.39, 0.29) is 36.0 Å². The minimum absolute atomic E-state index is 0.0342. The van der Waals surface area contributed by atoms with Crippen molar-refractivity contribution in [1.82, 2.24) is 19.5 Å². The van der Waals surface area contributed by atoms with Crippen LogP contribution in [0.5, 0.6) is 0 Å². The third-order valence-electron chi connectivity index (χ3n) is 4.91. The van der Waals surface area contributed by atoms with Crippen molar-refractivity contribution in [1.29, 1.82) is 0 Å². The number of rotatable bonds is 5. The van der Waals surface area contributed by atoms with Gasteiger partial charge < -0.3 is 29.4 Å². The van der Waals surface area contributed by atoms with E-state index >= 15 is 0 Å². The number of nitrogen functional groups attached to an aromatic ring is 1. The first-order valence-electron chi connectivity index (χ1n) is 8.96. The van der Waals surface area contributed by atoms with Gasteiger partial charge in [0.2, 0.25) is 5.28 Å². The van der Waals surface area contributed by atoms with Gasteiger partial charge in [0.25, 0.3) is 0 Å². The highest BCUT2D eigenvalue weighted by atomic mass is 35.5. The van der Waals surface area contributed by atoms with Crippen LogP contribution in [0.25, 0.3) is 11.2 Å². The summed E-state index contributed by atoms with van der Waals surface area (Å²) in [5.74, 6) is -1.30. The predicted octanol–water partition coefficient (Wildman–Crippen LogP) is 1.88. The molecule has 0 spiro atoms. The first-order valence-corrected chi connectivity index (χ1v) is 9.34. The van der Waals surface area contributed by atoms with Crippen LogP contribution in [-0.4, -0.2) is 63.1 Å². The zero-order valence-corrected chi connectivity index (χ0v) is 17.1. The van der Waals surface area contributed by atoms with E-state index in [1.807, 2.05) is 27.7 Å². The number of imidazole rings is 1. The maximum absolute atomic E-state index is 6.24. The van der Waals surface area contributed by atoms with Crippen molar-refractivity contribution in [2.24, 2.45) is 0 Å². The van der Waals surface area contributed by atoms with Gasteiger partial charge in [0.1, 0.15) is 23.8 Å². The summed E-state index contributed by atoms with van der Waals surface area (Å²) in [6.07, 6.45) is -0.0498. The minimum Gasteiger partial charge on any atom is -0.382 e. The van der Waals surface area contributed by atoms with E-state index in [0.29, 0.717) is 11.2 Å². The Morgan fingerprint density at radius 2 is 2.00 bits per heavy atom. The Morgan fingerprint density at radius 1 is 1.29 bits per heavy atom. The van der Waals surface area contributed by atoms with E-state index in [1.165, 1.54) is 0 Å². The van der Waals surface area contributed by atoms with Crippen LogP contribution in [0, 0.1) is 0 Å². The van der Waals surface area contributed by atoms with Crippen LogP contribution in [0.1, 0.15) is 33.9 Å². The molecule has 2 aromatic heterocycles. The number of aromatic nitrogens is 4. The molecule has 11 heteroatoms. The molecule has 4 rings (SSSR count). The second kappa shape index (κ2) is 6.75. The summed E-state index contributed by atoms with van der Waals surface area (Å²) in [4.78, 5) is 12.5. The van der Waals surface area contributed by atoms with Crippen LogP contribution in [-0.2, 0) is 23.7 Å². The number of ether oxygens (including phenoxy) is 5. The van der Waals surface area contributed by atoms with Crippen LogP contribution in [0.2, 0.25) is 5.28 Å². The summed E-state index contributed by atoms with van der Waals surface area (Å²) in [7, 11) is 1.59. The summed E-state index contributed by atoms with van der Waals surface area (Å²) in [6.45, 7) is 7.66. The summed E-state index contributed by atoms with van der Waals surface area (Å²) in [6, 6.07) is 0. The molecule has 154 valence electrons. The highest BCUT2D eigenvalue weighted by Crippen LogP contribution is 2.44. The summed E-state index contributed by atoms with van der Waals surface area (Å²) < 4.78 is 31.4. The Hall–Kier alpha value is -1.56. The van der Waals surface area contributed by atoms with Gasteiger partial charge in [-0.15, -0.1) is 0 Å². The molecule has 0 amide bonds. The molecule has 4 atom stereocenters. The van der Waals surface area contributed by atoms with E-state index in [0.717, 1.165) is 0 Å². The molecule has 28 heavy (non-hydrogen) atoms. The lowest BCUT2D eigenvalue weighted by Gasteiger charge is -2.28. The number of nitrogens with zero attached hydrogens (tertiary/aromatic N) is 4. The number of hydrogen-bond donors (Lipinski definition) is 1. The number of fused-ring (bicyclic) bond motifs is 2. The lowest BCUT2D eigenvalue weighted by Crippen LogP contribution is -2.37. The first-order chi connectivity index (χ1) is 13.1. The Morgan fingerprint density at radius 3 is 2.71 bits per heavy atom. The van der Waals surface area contributed by atoms with E-state index < -0.39 is 17.8 Å². The fourth-order valence-electron chi connectivity index (χ4n) is 3.46. The van der Waals surface area contributed by atoms with E-state index in [1.54, 1.807) is 18.0 Å². The second-order valence-corrected chi connectivity index (χ2v) is 8.08. The summed E-state index contributed by atoms with van der Waals surface area (Å²) in [5, 5.41) is 0.0342. The van der Waals surface area contributed by atoms with Gasteiger partial charge in [-0.25, -0.2) is 4.98 Å². The average Bonchev–Trinajstić information content (AvgIpc) is 3.24. The molecule has 0 bridgehead atoms. The molecule has 2 saturated heterocycles. The van der Waals surface area contributed by atoms with Crippen molar-refractivity contribution in [2.75, 3.05) is 19.5 Å². The molecule has 10 nitrogen and oxygen atoms in total. The van der Waals surface area contributed by atoms with Crippen molar-refractivity contribution in [2.45, 2.75) is 63.8 Å². The third kappa shape index (κ3) is 3.44. The molecule has 0 aliphatic carbocycles. The SMILES string of the molecule is COC(C)(C)OC[C@H]1O[C@@H](n2cnc3c(N)nc(Cl)nc32)C2OC(C)(C)O[C@H]21. The Bertz CT molecular complexity index is 888. The lowest BCUT2D eigenvalue weighted by atomic mass is 10.1. The summed E-state index contributed by atoms with van der Waals surface area (Å²) in [5.41, 5.74) is 6.83. The van der Waals surface area contributed by atoms with Gasteiger partial charge in [-0.1, -0.05) is 0 Å². The molecule has 0 saturated carbocycles. The van der Waals surface area contributed by atoms with E-state index in [4.69, 9.17) is 41.0 Å². The van der Waals surface area contributed by atoms with E-state index in [9.17, 15) is 0 Å². The average molecular weight is 414 g/mol. The van der Waals surface area contributed by atoms with Gasteiger partial charge in [-0.3, -0.25) is 4.57 Å². The highest BCUT2D eigenvalue weighted by molar-refractivity contribution is 6.28. The lowest BCUT2D eigenvalue weighted by molar-refractivity contribution is -0.235.